The highest BCUT2D eigenvalue weighted by Gasteiger charge is 2.32. The summed E-state index contributed by atoms with van der Waals surface area (Å²) >= 11 is 6.70. The number of methoxy groups -OCH3 is 1. The van der Waals surface area contributed by atoms with Gasteiger partial charge in [0.25, 0.3) is 17.9 Å². The molecule has 6 rings (SSSR count). The van der Waals surface area contributed by atoms with Crippen LogP contribution in [0.1, 0.15) is 35.5 Å². The van der Waals surface area contributed by atoms with E-state index in [1.807, 2.05) is 0 Å². The van der Waals surface area contributed by atoms with Crippen molar-refractivity contribution < 1.29 is 49.4 Å². The first-order valence-corrected chi connectivity index (χ1v) is 19.0. The molecule has 0 bridgehead atoms. The molecular formula is C37H31ClF6N6O6S. The Labute approximate surface area is 324 Å². The Morgan fingerprint density at radius 1 is 1.02 bits per heavy atom. The molecule has 300 valence electrons. The molecule has 0 radical (unpaired) electrons. The number of anilines is 1. The molecule has 4 aromatic carbocycles. The van der Waals surface area contributed by atoms with Crippen LogP contribution in [-0.4, -0.2) is 58.7 Å². The molecule has 0 fully saturated rings. The van der Waals surface area contributed by atoms with Crippen LogP contribution in [0.4, 0.5) is 37.0 Å². The monoisotopic (exact) mass is 836 g/mol. The van der Waals surface area contributed by atoms with Gasteiger partial charge in [0.2, 0.25) is 10.0 Å². The third-order valence-electron chi connectivity index (χ3n) is 8.85. The molecule has 0 aliphatic carbocycles. The summed E-state index contributed by atoms with van der Waals surface area (Å²) in [5.41, 5.74) is -2.24. The molecule has 0 aliphatic heterocycles. The smallest absolute Gasteiger partial charge is 0.405 e. The minimum atomic E-state index is -4.26. The molecule has 0 unspecified atom stereocenters. The van der Waals surface area contributed by atoms with Crippen LogP contribution in [0.3, 0.4) is 0 Å². The molecule has 1 atom stereocenters. The summed E-state index contributed by atoms with van der Waals surface area (Å²) in [6.07, 6.45) is -4.51. The Morgan fingerprint density at radius 2 is 1.68 bits per heavy atom. The van der Waals surface area contributed by atoms with E-state index in [-0.39, 0.29) is 44.6 Å². The number of amides is 1. The van der Waals surface area contributed by atoms with Gasteiger partial charge in [-0.05, 0) is 59.7 Å². The van der Waals surface area contributed by atoms with Gasteiger partial charge in [-0.1, -0.05) is 29.8 Å². The maximum absolute atomic E-state index is 14.6. The van der Waals surface area contributed by atoms with Gasteiger partial charge >= 0.3 is 6.09 Å². The Hall–Kier alpha value is -5.82. The molecule has 20 heteroatoms. The molecule has 6 aromatic rings. The summed E-state index contributed by atoms with van der Waals surface area (Å²) in [5, 5.41) is 15.6. The second-order valence-corrected chi connectivity index (χ2v) is 15.3. The van der Waals surface area contributed by atoms with Crippen LogP contribution < -0.4 is 19.9 Å². The molecule has 1 amide bonds. The lowest BCUT2D eigenvalue weighted by atomic mass is 10.0. The normalized spacial score (nSPS) is 12.7. The molecule has 2 heterocycles. The highest BCUT2D eigenvalue weighted by Crippen LogP contribution is 2.39. The van der Waals surface area contributed by atoms with Crippen molar-refractivity contribution in [3.63, 3.8) is 0 Å². The molecule has 0 saturated heterocycles. The summed E-state index contributed by atoms with van der Waals surface area (Å²) in [7, 11) is -2.83. The third kappa shape index (κ3) is 8.63. The van der Waals surface area contributed by atoms with Crippen molar-refractivity contribution in [2.75, 3.05) is 17.7 Å². The molecule has 2 N–H and O–H groups in total. The predicted molar refractivity (Wildman–Crippen MR) is 199 cm³/mol. The number of nitrogens with zero attached hydrogens (tertiary/aromatic N) is 5. The lowest BCUT2D eigenvalue weighted by molar-refractivity contribution is 0.0176. The maximum atomic E-state index is 14.6. The number of alkyl halides is 4. The number of rotatable bonds is 13. The number of carboxylic acid groups (broad SMARTS) is 1. The van der Waals surface area contributed by atoms with E-state index in [0.29, 0.717) is 24.3 Å². The zero-order valence-corrected chi connectivity index (χ0v) is 31.6. The van der Waals surface area contributed by atoms with Crippen molar-refractivity contribution in [1.82, 2.24) is 24.6 Å². The van der Waals surface area contributed by atoms with Gasteiger partial charge in [-0.15, -0.1) is 0 Å². The van der Waals surface area contributed by atoms with Gasteiger partial charge in [-0.25, -0.2) is 48.8 Å². The number of benzene rings is 4. The van der Waals surface area contributed by atoms with Crippen molar-refractivity contribution in [2.24, 2.45) is 0 Å². The second-order valence-electron chi connectivity index (χ2n) is 13.0. The Balaban J connectivity index is 1.70. The number of ether oxygens (including phenoxy) is 1. The zero-order chi connectivity index (χ0) is 41.6. The first-order chi connectivity index (χ1) is 26.7. The number of nitrogens with one attached hydrogen (secondary N) is 1. The number of hydrogen-bond acceptors (Lipinski definition) is 7. The van der Waals surface area contributed by atoms with Gasteiger partial charge in [0.05, 0.1) is 58.5 Å². The summed E-state index contributed by atoms with van der Waals surface area (Å²) in [6, 6.07) is 12.3. The molecule has 0 saturated carbocycles. The van der Waals surface area contributed by atoms with Crippen LogP contribution in [0, 0.1) is 11.6 Å². The van der Waals surface area contributed by atoms with Crippen LogP contribution in [0.15, 0.2) is 77.6 Å². The van der Waals surface area contributed by atoms with Gasteiger partial charge in [0.1, 0.15) is 29.8 Å². The fourth-order valence-corrected chi connectivity index (χ4v) is 7.43. The fraction of sp³-hybridized carbons (Fsp3) is 0.243. The van der Waals surface area contributed by atoms with Crippen molar-refractivity contribution in [2.45, 2.75) is 44.8 Å². The van der Waals surface area contributed by atoms with E-state index in [1.165, 1.54) is 19.2 Å². The van der Waals surface area contributed by atoms with Crippen LogP contribution in [0.25, 0.3) is 27.5 Å². The number of aromatic nitrogens is 4. The topological polar surface area (TPSA) is 149 Å². The maximum Gasteiger partial charge on any atom is 0.405 e. The van der Waals surface area contributed by atoms with Crippen molar-refractivity contribution in [3.05, 3.63) is 122 Å². The predicted octanol–water partition coefficient (Wildman–Crippen LogP) is 7.57. The number of hydrogen-bond donors (Lipinski definition) is 2. The third-order valence-corrected chi connectivity index (χ3v) is 10.3. The summed E-state index contributed by atoms with van der Waals surface area (Å²) in [4.78, 5) is 31.3. The van der Waals surface area contributed by atoms with E-state index in [9.17, 15) is 49.5 Å². The van der Waals surface area contributed by atoms with E-state index >= 15 is 0 Å². The summed E-state index contributed by atoms with van der Waals surface area (Å²) in [5.74, 6) is -5.93. The largest absolute Gasteiger partial charge is 0.497 e. The number of fused-ring (bicyclic) bond motifs is 2. The molecular weight excluding hydrogens is 806 g/mol. The van der Waals surface area contributed by atoms with Gasteiger partial charge < -0.3 is 15.2 Å². The van der Waals surface area contributed by atoms with Crippen LogP contribution >= 0.6 is 11.6 Å². The van der Waals surface area contributed by atoms with E-state index in [1.54, 1.807) is 24.3 Å². The first-order valence-electron chi connectivity index (χ1n) is 16.7. The molecule has 12 nitrogen and oxygen atoms in total. The average molecular weight is 837 g/mol. The number of carbonyl (C=O) groups is 1. The molecule has 0 aliphatic rings. The first kappa shape index (κ1) is 40.8. The highest BCUT2D eigenvalue weighted by molar-refractivity contribution is 7.92. The van der Waals surface area contributed by atoms with Gasteiger partial charge in [0.15, 0.2) is 5.82 Å². The number of sulfonamides is 1. The van der Waals surface area contributed by atoms with Gasteiger partial charge in [0, 0.05) is 25.0 Å². The Kier molecular flexibility index (Phi) is 11.2. The molecule has 0 spiro atoms. The quantitative estimate of drug-likeness (QED) is 0.113. The minimum Gasteiger partial charge on any atom is -0.497 e. The summed E-state index contributed by atoms with van der Waals surface area (Å²) < 4.78 is 121. The van der Waals surface area contributed by atoms with Crippen molar-refractivity contribution in [1.29, 1.82) is 0 Å². The van der Waals surface area contributed by atoms with Crippen LogP contribution in [0.2, 0.25) is 5.02 Å². The van der Waals surface area contributed by atoms with Crippen molar-refractivity contribution in [3.8, 4) is 11.4 Å². The Bertz CT molecular complexity index is 2670. The standard InChI is InChI=1S/C37H31ClF6N6O6S/c1-37(43,44)21-6-9-25-27(15-21)45-33(28(46-36(52)53)14-20-12-22(39)16-23(40)13-20)50(35(25)51)29-11-10-26(38)31-32(29)48(18-30(41)42)47-34(31)49(57(3,54)55)17-19-4-7-24(56-2)8-5-19/h4-13,15-16,28,30,46H,14,17-18H2,1-3H3,(H,52,53)/t28-/m0/s1. The summed E-state index contributed by atoms with van der Waals surface area (Å²) in [6.45, 7) is -0.931. The highest BCUT2D eigenvalue weighted by atomic mass is 35.5. The van der Waals surface area contributed by atoms with Gasteiger partial charge in [-0.3, -0.25) is 14.0 Å². The fourth-order valence-electron chi connectivity index (χ4n) is 6.37. The van der Waals surface area contributed by atoms with E-state index in [4.69, 9.17) is 16.3 Å². The second kappa shape index (κ2) is 15.6. The van der Waals surface area contributed by atoms with E-state index in [0.717, 1.165) is 50.1 Å². The number of halogens is 7. The minimum absolute atomic E-state index is 0.116. The van der Waals surface area contributed by atoms with Crippen molar-refractivity contribution >= 4 is 55.3 Å². The van der Waals surface area contributed by atoms with E-state index < -0.39 is 81.9 Å². The average Bonchev–Trinajstić information content (AvgIpc) is 3.48. The van der Waals surface area contributed by atoms with Gasteiger partial charge in [-0.2, -0.15) is 5.10 Å². The van der Waals surface area contributed by atoms with Crippen LogP contribution in [-0.2, 0) is 35.5 Å². The molecule has 2 aromatic heterocycles. The lowest BCUT2D eigenvalue weighted by Crippen LogP contribution is -2.35. The Morgan fingerprint density at radius 3 is 2.26 bits per heavy atom. The molecule has 57 heavy (non-hydrogen) atoms. The lowest BCUT2D eigenvalue weighted by Gasteiger charge is -2.23. The van der Waals surface area contributed by atoms with Crippen LogP contribution in [0.5, 0.6) is 5.75 Å². The zero-order valence-electron chi connectivity index (χ0n) is 30.0. The SMILES string of the molecule is COc1ccc(CN(c2nn(CC(F)F)c3c(-n4c([C@H](Cc5cc(F)cc(F)c5)NC(=O)O)nc5cc(C(C)(F)F)ccc5c4=O)ccc(Cl)c23)S(C)(=O)=O)cc1. The van der Waals surface area contributed by atoms with E-state index in [2.05, 4.69) is 15.4 Å².